The van der Waals surface area contributed by atoms with Gasteiger partial charge in [-0.2, -0.15) is 0 Å². The lowest BCUT2D eigenvalue weighted by molar-refractivity contribution is -0.103. The van der Waals surface area contributed by atoms with E-state index in [1.54, 1.807) is 43.3 Å². The number of hydrogen-bond donors (Lipinski definition) is 1. The van der Waals surface area contributed by atoms with Crippen molar-refractivity contribution in [3.8, 4) is 29.3 Å². The molecule has 0 unspecified atom stereocenters. The van der Waals surface area contributed by atoms with Gasteiger partial charge in [-0.25, -0.2) is 14.4 Å². The lowest BCUT2D eigenvalue weighted by atomic mass is 10.2. The number of methoxy groups -OCH3 is 1. The highest BCUT2D eigenvalue weighted by Crippen LogP contribution is 2.37. The van der Waals surface area contributed by atoms with Gasteiger partial charge in [0.1, 0.15) is 18.0 Å². The Morgan fingerprint density at radius 1 is 1.13 bits per heavy atom. The van der Waals surface area contributed by atoms with E-state index in [9.17, 15) is 9.18 Å². The van der Waals surface area contributed by atoms with Crippen molar-refractivity contribution < 1.29 is 23.1 Å². The summed E-state index contributed by atoms with van der Waals surface area (Å²) in [6, 6.07) is 11.3. The largest absolute Gasteiger partial charge is 0.493 e. The van der Waals surface area contributed by atoms with E-state index in [2.05, 4.69) is 27.1 Å². The second-order valence-electron chi connectivity index (χ2n) is 6.44. The van der Waals surface area contributed by atoms with Crippen LogP contribution in [0, 0.1) is 24.6 Å². The highest BCUT2D eigenvalue weighted by atomic mass is 19.1. The average Bonchev–Trinajstić information content (AvgIpc) is 3.22. The van der Waals surface area contributed by atoms with Crippen molar-refractivity contribution in [1.29, 1.82) is 0 Å². The van der Waals surface area contributed by atoms with Gasteiger partial charge < -0.3 is 19.2 Å². The zero-order chi connectivity index (χ0) is 21.8. The summed E-state index contributed by atoms with van der Waals surface area (Å²) in [6.07, 6.45) is 1.90. The number of hydrogen-bond acceptors (Lipinski definition) is 7. The molecular formula is C23H16FN3O4. The number of aryl methyl sites for hydroxylation is 1. The molecule has 0 aliphatic heterocycles. The number of nitrogens with one attached hydrogen (secondary N) is 1. The molecule has 0 spiro atoms. The number of rotatable bonds is 5. The van der Waals surface area contributed by atoms with Crippen LogP contribution in [-0.2, 0) is 4.79 Å². The molecule has 0 bridgehead atoms. The average molecular weight is 417 g/mol. The SMILES string of the molecule is COc1cc2ncnc(Nc3ccc(F)c(C)c3)c2cc1Oc1ccc(C#CC=O)o1. The highest BCUT2D eigenvalue weighted by molar-refractivity contribution is 5.93. The molecule has 0 radical (unpaired) electrons. The fourth-order valence-corrected chi connectivity index (χ4v) is 2.91. The van der Waals surface area contributed by atoms with Gasteiger partial charge in [0.05, 0.1) is 12.6 Å². The summed E-state index contributed by atoms with van der Waals surface area (Å²) < 4.78 is 30.3. The van der Waals surface area contributed by atoms with Crippen LogP contribution in [0.2, 0.25) is 0 Å². The van der Waals surface area contributed by atoms with Gasteiger partial charge in [0.15, 0.2) is 23.5 Å². The van der Waals surface area contributed by atoms with Crippen molar-refractivity contribution in [2.45, 2.75) is 6.92 Å². The molecule has 1 N–H and O–H groups in total. The fraction of sp³-hybridized carbons (Fsp3) is 0.0870. The number of nitrogens with zero attached hydrogens (tertiary/aromatic N) is 2. The van der Waals surface area contributed by atoms with Crippen LogP contribution in [0.1, 0.15) is 11.3 Å². The quantitative estimate of drug-likeness (QED) is 0.370. The van der Waals surface area contributed by atoms with E-state index in [0.717, 1.165) is 0 Å². The monoisotopic (exact) mass is 417 g/mol. The molecular weight excluding hydrogens is 401 g/mol. The molecule has 7 nitrogen and oxygen atoms in total. The second-order valence-corrected chi connectivity index (χ2v) is 6.44. The number of ether oxygens (including phenoxy) is 2. The van der Waals surface area contributed by atoms with Gasteiger partial charge in [-0.1, -0.05) is 0 Å². The first kappa shape index (κ1) is 19.9. The number of benzene rings is 2. The minimum absolute atomic E-state index is 0.174. The molecule has 0 aliphatic carbocycles. The number of fused-ring (bicyclic) bond motifs is 1. The van der Waals surface area contributed by atoms with Crippen LogP contribution in [0.4, 0.5) is 15.9 Å². The molecule has 0 amide bonds. The first-order valence-electron chi connectivity index (χ1n) is 9.16. The molecule has 2 aromatic carbocycles. The molecule has 4 rings (SSSR count). The van der Waals surface area contributed by atoms with Gasteiger partial charge in [-0.05, 0) is 54.7 Å². The van der Waals surface area contributed by atoms with Crippen molar-refractivity contribution in [3.63, 3.8) is 0 Å². The zero-order valence-electron chi connectivity index (χ0n) is 16.6. The van der Waals surface area contributed by atoms with Crippen LogP contribution in [-0.4, -0.2) is 23.4 Å². The maximum absolute atomic E-state index is 13.6. The molecule has 2 heterocycles. The Morgan fingerprint density at radius 3 is 2.77 bits per heavy atom. The summed E-state index contributed by atoms with van der Waals surface area (Å²) in [4.78, 5) is 19.0. The minimum atomic E-state index is -0.283. The van der Waals surface area contributed by atoms with Crippen molar-refractivity contribution in [2.24, 2.45) is 0 Å². The lowest BCUT2D eigenvalue weighted by Crippen LogP contribution is -1.98. The first-order chi connectivity index (χ1) is 15.1. The van der Waals surface area contributed by atoms with E-state index in [1.165, 1.54) is 19.5 Å². The van der Waals surface area contributed by atoms with Gasteiger partial charge in [-0.15, -0.1) is 0 Å². The number of aromatic nitrogens is 2. The van der Waals surface area contributed by atoms with Gasteiger partial charge >= 0.3 is 0 Å². The Kier molecular flexibility index (Phi) is 5.49. The predicted octanol–water partition coefficient (Wildman–Crippen LogP) is 4.77. The Labute approximate surface area is 176 Å². The summed E-state index contributed by atoms with van der Waals surface area (Å²) in [5.41, 5.74) is 1.82. The van der Waals surface area contributed by atoms with E-state index in [1.807, 2.05) is 0 Å². The number of anilines is 2. The number of furan rings is 1. The van der Waals surface area contributed by atoms with Crippen LogP contribution < -0.4 is 14.8 Å². The molecule has 31 heavy (non-hydrogen) atoms. The van der Waals surface area contributed by atoms with Crippen LogP contribution in [0.15, 0.2) is 53.2 Å². The molecule has 0 atom stereocenters. The molecule has 2 aromatic heterocycles. The van der Waals surface area contributed by atoms with Crippen molar-refractivity contribution in [3.05, 3.63) is 65.9 Å². The van der Waals surface area contributed by atoms with E-state index >= 15 is 0 Å². The third-order valence-electron chi connectivity index (χ3n) is 4.39. The van der Waals surface area contributed by atoms with E-state index < -0.39 is 0 Å². The van der Waals surface area contributed by atoms with Crippen molar-refractivity contribution in [2.75, 3.05) is 12.4 Å². The van der Waals surface area contributed by atoms with Crippen molar-refractivity contribution >= 4 is 28.7 Å². The van der Waals surface area contributed by atoms with Gasteiger partial charge in [-0.3, -0.25) is 4.79 Å². The number of carbonyl (C=O) groups is 1. The first-order valence-corrected chi connectivity index (χ1v) is 9.16. The topological polar surface area (TPSA) is 86.5 Å². The highest BCUT2D eigenvalue weighted by Gasteiger charge is 2.14. The summed E-state index contributed by atoms with van der Waals surface area (Å²) in [7, 11) is 1.51. The Morgan fingerprint density at radius 2 is 2.00 bits per heavy atom. The third kappa shape index (κ3) is 4.31. The molecule has 4 aromatic rings. The third-order valence-corrected chi connectivity index (χ3v) is 4.39. The second kappa shape index (κ2) is 8.55. The maximum Gasteiger partial charge on any atom is 0.291 e. The Hall–Kier alpha value is -4.38. The summed E-state index contributed by atoms with van der Waals surface area (Å²) in [5, 5.41) is 3.84. The Bertz CT molecular complexity index is 1340. The van der Waals surface area contributed by atoms with E-state index in [-0.39, 0.29) is 11.8 Å². The van der Waals surface area contributed by atoms with Gasteiger partial charge in [0, 0.05) is 23.2 Å². The summed E-state index contributed by atoms with van der Waals surface area (Å²) in [6.45, 7) is 1.69. The standard InChI is InChI=1S/C23H16FN3O4/c1-14-10-15(5-7-18(14)24)27-23-17-11-21(20(29-2)12-19(17)25-13-26-23)31-22-8-6-16(30-22)4-3-9-28/h5-13H,1-2H3,(H,25,26,27). The molecule has 0 aliphatic rings. The number of halogens is 1. The molecule has 0 saturated heterocycles. The summed E-state index contributed by atoms with van der Waals surface area (Å²) >= 11 is 0. The van der Waals surface area contributed by atoms with E-state index in [4.69, 9.17) is 13.9 Å². The minimum Gasteiger partial charge on any atom is -0.493 e. The van der Waals surface area contributed by atoms with Gasteiger partial charge in [0.25, 0.3) is 5.95 Å². The smallest absolute Gasteiger partial charge is 0.291 e. The number of aldehydes is 1. The molecule has 0 saturated carbocycles. The van der Waals surface area contributed by atoms with Crippen LogP contribution in [0.3, 0.4) is 0 Å². The molecule has 154 valence electrons. The zero-order valence-corrected chi connectivity index (χ0v) is 16.6. The fourth-order valence-electron chi connectivity index (χ4n) is 2.91. The lowest BCUT2D eigenvalue weighted by Gasteiger charge is -2.13. The van der Waals surface area contributed by atoms with Crippen LogP contribution in [0.25, 0.3) is 10.9 Å². The van der Waals surface area contributed by atoms with Gasteiger partial charge in [0.2, 0.25) is 0 Å². The number of carbonyl (C=O) groups excluding carboxylic acids is 1. The Balaban J connectivity index is 1.72. The maximum atomic E-state index is 13.6. The van der Waals surface area contributed by atoms with Crippen molar-refractivity contribution in [1.82, 2.24) is 9.97 Å². The molecule has 0 fully saturated rings. The summed E-state index contributed by atoms with van der Waals surface area (Å²) in [5.74, 6) is 6.33. The molecule has 8 heteroatoms. The van der Waals surface area contributed by atoms with Crippen LogP contribution >= 0.6 is 0 Å². The normalized spacial score (nSPS) is 10.3. The predicted molar refractivity (Wildman–Crippen MR) is 112 cm³/mol. The van der Waals surface area contributed by atoms with Crippen LogP contribution in [0.5, 0.6) is 17.4 Å². The van der Waals surface area contributed by atoms with E-state index in [0.29, 0.717) is 51.5 Å².